The van der Waals surface area contributed by atoms with Gasteiger partial charge in [-0.05, 0) is 19.4 Å². The van der Waals surface area contributed by atoms with Crippen LogP contribution in [0.1, 0.15) is 20.3 Å². The van der Waals surface area contributed by atoms with E-state index in [0.29, 0.717) is 12.6 Å². The summed E-state index contributed by atoms with van der Waals surface area (Å²) >= 11 is 0. The molecule has 1 heterocycles. The average Bonchev–Trinajstić information content (AvgIpc) is 2.17. The molecule has 1 aliphatic rings. The molecule has 1 atom stereocenters. The maximum Gasteiger partial charge on any atom is 0.275 e. The fourth-order valence-electron chi connectivity index (χ4n) is 0.740. The number of hydrogen-bond donors (Lipinski definition) is 0. The molecular formula is C7H12O2. The Morgan fingerprint density at radius 3 is 3.00 bits per heavy atom. The van der Waals surface area contributed by atoms with Crippen LogP contribution >= 0.6 is 0 Å². The van der Waals surface area contributed by atoms with Crippen molar-refractivity contribution in [3.63, 3.8) is 0 Å². The van der Waals surface area contributed by atoms with Crippen LogP contribution in [0.2, 0.25) is 0 Å². The van der Waals surface area contributed by atoms with Gasteiger partial charge in [0.1, 0.15) is 12.7 Å². The molecule has 0 aliphatic carbocycles. The normalized spacial score (nSPS) is 30.0. The van der Waals surface area contributed by atoms with E-state index < -0.39 is 0 Å². The Morgan fingerprint density at radius 1 is 1.78 bits per heavy atom. The molecule has 2 nitrogen and oxygen atoms in total. The summed E-state index contributed by atoms with van der Waals surface area (Å²) in [5.41, 5.74) is 0. The summed E-state index contributed by atoms with van der Waals surface area (Å²) in [5.74, 6) is 0.699. The topological polar surface area (TPSA) is 18.5 Å². The van der Waals surface area contributed by atoms with Crippen molar-refractivity contribution in [2.45, 2.75) is 26.4 Å². The number of allylic oxidation sites excluding steroid dienone is 1. The summed E-state index contributed by atoms with van der Waals surface area (Å²) < 4.78 is 10.4. The molecule has 1 aliphatic heterocycles. The standard InChI is InChI=1S/C7H12O2/c1-3-4-7-8-5-6(2)9-7/h4,6H,3,5H2,1-2H3. The van der Waals surface area contributed by atoms with Gasteiger partial charge in [-0.2, -0.15) is 0 Å². The van der Waals surface area contributed by atoms with E-state index >= 15 is 0 Å². The third kappa shape index (κ3) is 1.63. The van der Waals surface area contributed by atoms with E-state index in [0.717, 1.165) is 6.42 Å². The molecule has 2 heteroatoms. The van der Waals surface area contributed by atoms with Gasteiger partial charge >= 0.3 is 0 Å². The van der Waals surface area contributed by atoms with E-state index in [4.69, 9.17) is 9.47 Å². The van der Waals surface area contributed by atoms with Crippen LogP contribution in [0.3, 0.4) is 0 Å². The van der Waals surface area contributed by atoms with E-state index in [2.05, 4.69) is 6.92 Å². The Hall–Kier alpha value is -0.660. The lowest BCUT2D eigenvalue weighted by molar-refractivity contribution is 0.149. The maximum absolute atomic E-state index is 5.24. The zero-order valence-corrected chi connectivity index (χ0v) is 5.89. The monoisotopic (exact) mass is 128 g/mol. The maximum atomic E-state index is 5.24. The summed E-state index contributed by atoms with van der Waals surface area (Å²) in [4.78, 5) is 0. The van der Waals surface area contributed by atoms with Gasteiger partial charge in [-0.3, -0.25) is 0 Å². The second-order valence-corrected chi connectivity index (χ2v) is 2.17. The fraction of sp³-hybridized carbons (Fsp3) is 0.714. The minimum Gasteiger partial charge on any atom is -0.462 e. The first-order valence-corrected chi connectivity index (χ1v) is 3.32. The summed E-state index contributed by atoms with van der Waals surface area (Å²) in [6, 6.07) is 0. The van der Waals surface area contributed by atoms with Crippen molar-refractivity contribution in [3.05, 3.63) is 12.0 Å². The van der Waals surface area contributed by atoms with Crippen LogP contribution in [-0.2, 0) is 9.47 Å². The zero-order valence-electron chi connectivity index (χ0n) is 5.89. The molecule has 0 saturated carbocycles. The lowest BCUT2D eigenvalue weighted by atomic mass is 10.4. The van der Waals surface area contributed by atoms with Crippen molar-refractivity contribution in [2.24, 2.45) is 0 Å². The first-order chi connectivity index (χ1) is 4.33. The van der Waals surface area contributed by atoms with Crippen molar-refractivity contribution in [1.82, 2.24) is 0 Å². The Labute approximate surface area is 55.5 Å². The smallest absolute Gasteiger partial charge is 0.275 e. The first kappa shape index (κ1) is 6.46. The van der Waals surface area contributed by atoms with Crippen molar-refractivity contribution >= 4 is 0 Å². The zero-order chi connectivity index (χ0) is 6.69. The molecular weight excluding hydrogens is 116 g/mol. The van der Waals surface area contributed by atoms with Crippen LogP contribution in [0.5, 0.6) is 0 Å². The molecule has 0 radical (unpaired) electrons. The minimum atomic E-state index is 0.239. The highest BCUT2D eigenvalue weighted by atomic mass is 16.7. The van der Waals surface area contributed by atoms with Crippen LogP contribution in [0.25, 0.3) is 0 Å². The Balaban J connectivity index is 2.38. The predicted molar refractivity (Wildman–Crippen MR) is 34.9 cm³/mol. The molecule has 0 aromatic carbocycles. The van der Waals surface area contributed by atoms with Gasteiger partial charge < -0.3 is 9.47 Å². The third-order valence-corrected chi connectivity index (χ3v) is 1.15. The van der Waals surface area contributed by atoms with Gasteiger partial charge in [0.2, 0.25) is 0 Å². The molecule has 52 valence electrons. The van der Waals surface area contributed by atoms with Crippen molar-refractivity contribution in [1.29, 1.82) is 0 Å². The van der Waals surface area contributed by atoms with Gasteiger partial charge in [0, 0.05) is 0 Å². The second kappa shape index (κ2) is 2.76. The van der Waals surface area contributed by atoms with Crippen LogP contribution in [0.4, 0.5) is 0 Å². The summed E-state index contributed by atoms with van der Waals surface area (Å²) in [6.07, 6.45) is 3.16. The molecule has 1 fully saturated rings. The molecule has 1 rings (SSSR count). The Kier molecular flexibility index (Phi) is 1.98. The first-order valence-electron chi connectivity index (χ1n) is 3.32. The molecule has 0 amide bonds. The molecule has 0 spiro atoms. The summed E-state index contributed by atoms with van der Waals surface area (Å²) in [6.45, 7) is 4.76. The van der Waals surface area contributed by atoms with Gasteiger partial charge in [0.15, 0.2) is 0 Å². The van der Waals surface area contributed by atoms with Crippen LogP contribution in [0, 0.1) is 0 Å². The molecule has 1 unspecified atom stereocenters. The second-order valence-electron chi connectivity index (χ2n) is 2.17. The van der Waals surface area contributed by atoms with Gasteiger partial charge in [-0.1, -0.05) is 6.92 Å². The molecule has 9 heavy (non-hydrogen) atoms. The Bertz CT molecular complexity index is 118. The average molecular weight is 128 g/mol. The highest BCUT2D eigenvalue weighted by Gasteiger charge is 2.15. The lowest BCUT2D eigenvalue weighted by Gasteiger charge is -1.96. The van der Waals surface area contributed by atoms with Crippen LogP contribution in [0.15, 0.2) is 12.0 Å². The SMILES string of the molecule is CCC=C1OCC(C)O1. The highest BCUT2D eigenvalue weighted by molar-refractivity contribution is 4.87. The van der Waals surface area contributed by atoms with Gasteiger partial charge in [0.25, 0.3) is 5.95 Å². The molecule has 0 aromatic heterocycles. The minimum absolute atomic E-state index is 0.239. The fourth-order valence-corrected chi connectivity index (χ4v) is 0.740. The van der Waals surface area contributed by atoms with Crippen LogP contribution < -0.4 is 0 Å². The lowest BCUT2D eigenvalue weighted by Crippen LogP contribution is -2.00. The number of hydrogen-bond acceptors (Lipinski definition) is 2. The van der Waals surface area contributed by atoms with Crippen molar-refractivity contribution in [2.75, 3.05) is 6.61 Å². The van der Waals surface area contributed by atoms with Gasteiger partial charge in [-0.15, -0.1) is 0 Å². The highest BCUT2D eigenvalue weighted by Crippen LogP contribution is 2.14. The van der Waals surface area contributed by atoms with E-state index in [1.165, 1.54) is 0 Å². The molecule has 0 N–H and O–H groups in total. The predicted octanol–water partition coefficient (Wildman–Crippen LogP) is 1.67. The summed E-state index contributed by atoms with van der Waals surface area (Å²) in [7, 11) is 0. The molecule has 0 bridgehead atoms. The third-order valence-electron chi connectivity index (χ3n) is 1.15. The number of ether oxygens (including phenoxy) is 2. The molecule has 1 saturated heterocycles. The van der Waals surface area contributed by atoms with Crippen molar-refractivity contribution in [3.8, 4) is 0 Å². The summed E-state index contributed by atoms with van der Waals surface area (Å²) in [5, 5.41) is 0. The number of rotatable bonds is 1. The largest absolute Gasteiger partial charge is 0.462 e. The quantitative estimate of drug-likeness (QED) is 0.534. The van der Waals surface area contributed by atoms with E-state index in [9.17, 15) is 0 Å². The van der Waals surface area contributed by atoms with E-state index in [1.807, 2.05) is 13.0 Å². The van der Waals surface area contributed by atoms with E-state index in [1.54, 1.807) is 0 Å². The van der Waals surface area contributed by atoms with Crippen LogP contribution in [-0.4, -0.2) is 12.7 Å². The Morgan fingerprint density at radius 2 is 2.56 bits per heavy atom. The molecule has 0 aromatic rings. The van der Waals surface area contributed by atoms with Gasteiger partial charge in [-0.25, -0.2) is 0 Å². The van der Waals surface area contributed by atoms with Gasteiger partial charge in [0.05, 0.1) is 0 Å². The van der Waals surface area contributed by atoms with Crippen molar-refractivity contribution < 1.29 is 9.47 Å². The van der Waals surface area contributed by atoms with E-state index in [-0.39, 0.29) is 6.10 Å².